The Morgan fingerprint density at radius 1 is 1.33 bits per heavy atom. The van der Waals surface area contributed by atoms with Crippen LogP contribution < -0.4 is 0 Å². The predicted octanol–water partition coefficient (Wildman–Crippen LogP) is 3.50. The lowest BCUT2D eigenvalue weighted by atomic mass is 9.57. The third-order valence-corrected chi connectivity index (χ3v) is 3.80. The van der Waals surface area contributed by atoms with Crippen molar-refractivity contribution in [2.75, 3.05) is 0 Å². The van der Waals surface area contributed by atoms with E-state index in [0.717, 1.165) is 31.0 Å². The van der Waals surface area contributed by atoms with Crippen molar-refractivity contribution in [1.29, 1.82) is 0 Å². The Hall–Kier alpha value is -1.45. The molecule has 4 heteroatoms. The van der Waals surface area contributed by atoms with Crippen molar-refractivity contribution in [3.63, 3.8) is 0 Å². The molecule has 1 N–H and O–H groups in total. The van der Waals surface area contributed by atoms with E-state index in [2.05, 4.69) is 0 Å². The highest BCUT2D eigenvalue weighted by atomic mass is 19.1. The van der Waals surface area contributed by atoms with Gasteiger partial charge in [-0.05, 0) is 36.5 Å². The Balaban J connectivity index is 2.30. The van der Waals surface area contributed by atoms with Crippen LogP contribution in [-0.2, 0) is 10.2 Å². The zero-order valence-electron chi connectivity index (χ0n) is 10.2. The maximum Gasteiger partial charge on any atom is 0.314 e. The molecule has 0 unspecified atom stereocenters. The molecular formula is C14H16F2O2. The molecule has 1 aliphatic carbocycles. The van der Waals surface area contributed by atoms with Gasteiger partial charge in [0.15, 0.2) is 0 Å². The van der Waals surface area contributed by atoms with E-state index in [1.54, 1.807) is 0 Å². The van der Waals surface area contributed by atoms with Gasteiger partial charge >= 0.3 is 5.97 Å². The van der Waals surface area contributed by atoms with E-state index in [0.29, 0.717) is 18.8 Å². The molecule has 1 saturated carbocycles. The summed E-state index contributed by atoms with van der Waals surface area (Å²) >= 11 is 0. The van der Waals surface area contributed by atoms with Crippen molar-refractivity contribution in [3.05, 3.63) is 35.4 Å². The predicted molar refractivity (Wildman–Crippen MR) is 63.3 cm³/mol. The summed E-state index contributed by atoms with van der Waals surface area (Å²) in [5.74, 6) is -2.08. The van der Waals surface area contributed by atoms with Gasteiger partial charge in [-0.15, -0.1) is 0 Å². The largest absolute Gasteiger partial charge is 0.481 e. The highest BCUT2D eigenvalue weighted by Crippen LogP contribution is 2.50. The zero-order chi connectivity index (χ0) is 13.3. The molecule has 0 saturated heterocycles. The van der Waals surface area contributed by atoms with E-state index in [-0.39, 0.29) is 5.56 Å². The average molecular weight is 254 g/mol. The number of carbonyl (C=O) groups is 1. The van der Waals surface area contributed by atoms with Crippen LogP contribution in [0.2, 0.25) is 0 Å². The summed E-state index contributed by atoms with van der Waals surface area (Å²) in [5, 5.41) is 9.36. The molecule has 0 radical (unpaired) electrons. The molecule has 1 aromatic rings. The fourth-order valence-corrected chi connectivity index (χ4v) is 2.90. The quantitative estimate of drug-likeness (QED) is 0.892. The van der Waals surface area contributed by atoms with E-state index < -0.39 is 23.0 Å². The maximum atomic E-state index is 13.2. The smallest absolute Gasteiger partial charge is 0.314 e. The lowest BCUT2D eigenvalue weighted by Crippen LogP contribution is -2.48. The van der Waals surface area contributed by atoms with E-state index >= 15 is 0 Å². The zero-order valence-corrected chi connectivity index (χ0v) is 10.2. The molecule has 0 amide bonds. The van der Waals surface area contributed by atoms with E-state index in [4.69, 9.17) is 0 Å². The van der Waals surface area contributed by atoms with Crippen molar-refractivity contribution in [2.24, 2.45) is 5.92 Å². The van der Waals surface area contributed by atoms with Crippen molar-refractivity contribution >= 4 is 5.97 Å². The highest BCUT2D eigenvalue weighted by Gasteiger charge is 2.51. The number of carboxylic acids is 1. The molecule has 2 nitrogen and oxygen atoms in total. The molecule has 2 rings (SSSR count). The normalized spacial score (nSPS) is 26.7. The topological polar surface area (TPSA) is 37.3 Å². The molecule has 0 spiro atoms. The fraction of sp³-hybridized carbons (Fsp3) is 0.500. The van der Waals surface area contributed by atoms with Crippen molar-refractivity contribution < 1.29 is 18.7 Å². The first-order valence-electron chi connectivity index (χ1n) is 6.18. The molecule has 1 aliphatic rings. The third-order valence-electron chi connectivity index (χ3n) is 3.80. The van der Waals surface area contributed by atoms with Gasteiger partial charge in [-0.2, -0.15) is 0 Å². The van der Waals surface area contributed by atoms with Gasteiger partial charge in [-0.25, -0.2) is 8.78 Å². The summed E-state index contributed by atoms with van der Waals surface area (Å²) in [7, 11) is 0. The summed E-state index contributed by atoms with van der Waals surface area (Å²) in [6.07, 6.45) is 2.91. The van der Waals surface area contributed by atoms with Crippen LogP contribution in [0.4, 0.5) is 8.78 Å². The second-order valence-electron chi connectivity index (χ2n) is 5.11. The Morgan fingerprint density at radius 2 is 1.89 bits per heavy atom. The molecule has 1 fully saturated rings. The van der Waals surface area contributed by atoms with Crippen LogP contribution in [-0.4, -0.2) is 11.1 Å². The second kappa shape index (κ2) is 4.67. The third kappa shape index (κ3) is 2.11. The molecule has 0 bridgehead atoms. The fourth-order valence-electron chi connectivity index (χ4n) is 2.90. The van der Waals surface area contributed by atoms with Gasteiger partial charge in [-0.1, -0.05) is 19.8 Å². The van der Waals surface area contributed by atoms with Crippen LogP contribution in [0.1, 0.15) is 38.2 Å². The van der Waals surface area contributed by atoms with E-state index in [9.17, 15) is 18.7 Å². The number of halogens is 2. The van der Waals surface area contributed by atoms with Crippen LogP contribution in [0.3, 0.4) is 0 Å². The van der Waals surface area contributed by atoms with Gasteiger partial charge in [0.2, 0.25) is 0 Å². The van der Waals surface area contributed by atoms with Gasteiger partial charge < -0.3 is 5.11 Å². The molecule has 1 aromatic carbocycles. The van der Waals surface area contributed by atoms with Crippen molar-refractivity contribution in [3.8, 4) is 0 Å². The summed E-state index contributed by atoms with van der Waals surface area (Å²) in [5.41, 5.74) is -0.845. The van der Waals surface area contributed by atoms with E-state index in [1.165, 1.54) is 0 Å². The standard InChI is InChI=1S/C14H16F2O2/c1-2-3-9-7-14(8-9,13(17)18)10-4-11(15)6-12(16)5-10/h4-6,9H,2-3,7-8H2,1H3,(H,17,18). The minimum absolute atomic E-state index is 0.250. The lowest BCUT2D eigenvalue weighted by Gasteiger charge is -2.45. The summed E-state index contributed by atoms with van der Waals surface area (Å²) in [4.78, 5) is 11.4. The van der Waals surface area contributed by atoms with Gasteiger partial charge in [0, 0.05) is 6.07 Å². The number of aliphatic carboxylic acids is 1. The molecule has 0 aromatic heterocycles. The SMILES string of the molecule is CCCC1CC(C(=O)O)(c2cc(F)cc(F)c2)C1. The van der Waals surface area contributed by atoms with Gasteiger partial charge in [-0.3, -0.25) is 4.79 Å². The monoisotopic (exact) mass is 254 g/mol. The van der Waals surface area contributed by atoms with Crippen molar-refractivity contribution in [1.82, 2.24) is 0 Å². The number of carboxylic acid groups (broad SMARTS) is 1. The Morgan fingerprint density at radius 3 is 2.33 bits per heavy atom. The number of hydrogen-bond acceptors (Lipinski definition) is 1. The first kappa shape index (κ1) is 13.0. The summed E-state index contributed by atoms with van der Waals surface area (Å²) in [6, 6.07) is 3.04. The van der Waals surface area contributed by atoms with E-state index in [1.807, 2.05) is 6.92 Å². The molecule has 0 aliphatic heterocycles. The first-order chi connectivity index (χ1) is 8.48. The minimum Gasteiger partial charge on any atom is -0.481 e. The Labute approximate surface area is 105 Å². The van der Waals surface area contributed by atoms with Crippen molar-refractivity contribution in [2.45, 2.75) is 38.0 Å². The molecule has 0 atom stereocenters. The Bertz CT molecular complexity index is 445. The maximum absolute atomic E-state index is 13.2. The van der Waals surface area contributed by atoms with Gasteiger partial charge in [0.05, 0.1) is 5.41 Å². The van der Waals surface area contributed by atoms with Crippen LogP contribution in [0.25, 0.3) is 0 Å². The first-order valence-corrected chi connectivity index (χ1v) is 6.18. The van der Waals surface area contributed by atoms with Crippen LogP contribution in [0.15, 0.2) is 18.2 Å². The molecule has 18 heavy (non-hydrogen) atoms. The Kier molecular flexibility index (Phi) is 3.37. The van der Waals surface area contributed by atoms with Gasteiger partial charge in [0.1, 0.15) is 11.6 Å². The number of benzene rings is 1. The molecule has 0 heterocycles. The lowest BCUT2D eigenvalue weighted by molar-refractivity contribution is -0.150. The average Bonchev–Trinajstić information content (AvgIpc) is 2.20. The van der Waals surface area contributed by atoms with Crippen LogP contribution in [0.5, 0.6) is 0 Å². The van der Waals surface area contributed by atoms with Crippen LogP contribution in [0, 0.1) is 17.6 Å². The minimum atomic E-state index is -1.09. The number of rotatable bonds is 4. The molecular weight excluding hydrogens is 238 g/mol. The van der Waals surface area contributed by atoms with Gasteiger partial charge in [0.25, 0.3) is 0 Å². The number of hydrogen-bond donors (Lipinski definition) is 1. The summed E-state index contributed by atoms with van der Waals surface area (Å²) < 4.78 is 26.4. The second-order valence-corrected chi connectivity index (χ2v) is 5.11. The summed E-state index contributed by atoms with van der Waals surface area (Å²) in [6.45, 7) is 2.04. The highest BCUT2D eigenvalue weighted by molar-refractivity contribution is 5.82. The van der Waals surface area contributed by atoms with Crippen LogP contribution >= 0.6 is 0 Å². The molecule has 98 valence electrons.